The quantitative estimate of drug-likeness (QED) is 0.620. The molecule has 7 nitrogen and oxygen atoms in total. The Labute approximate surface area is 125 Å². The van der Waals surface area contributed by atoms with Crippen LogP contribution in [0, 0.1) is 5.82 Å². The van der Waals surface area contributed by atoms with Gasteiger partial charge in [-0.3, -0.25) is 4.79 Å². The van der Waals surface area contributed by atoms with Crippen LogP contribution >= 0.6 is 0 Å². The number of amides is 1. The number of hydrogen-bond donors (Lipinski definition) is 3. The molecule has 0 fully saturated rings. The molecule has 1 aromatic rings. The van der Waals surface area contributed by atoms with Crippen LogP contribution in [-0.2, 0) is 19.6 Å². The van der Waals surface area contributed by atoms with Gasteiger partial charge in [0.1, 0.15) is 12.5 Å². The van der Waals surface area contributed by atoms with Crippen LogP contribution in [0.15, 0.2) is 29.2 Å². The summed E-state index contributed by atoms with van der Waals surface area (Å²) >= 11 is 0. The maximum atomic E-state index is 12.7. The van der Waals surface area contributed by atoms with Crippen molar-refractivity contribution in [3.63, 3.8) is 0 Å². The first-order valence-electron chi connectivity index (χ1n) is 6.09. The lowest BCUT2D eigenvalue weighted by Crippen LogP contribution is -2.43. The summed E-state index contributed by atoms with van der Waals surface area (Å²) in [5.74, 6) is -2.93. The largest absolute Gasteiger partial charge is 0.480 e. The summed E-state index contributed by atoms with van der Waals surface area (Å²) in [6.07, 6.45) is -0.371. The molecular formula is C12H14F2N2O5S. The molecule has 1 atom stereocenters. The maximum absolute atomic E-state index is 12.7. The van der Waals surface area contributed by atoms with Crippen LogP contribution in [0.4, 0.5) is 8.78 Å². The molecule has 1 aromatic carbocycles. The summed E-state index contributed by atoms with van der Waals surface area (Å²) in [6.45, 7) is -1.59. The lowest BCUT2D eigenvalue weighted by atomic mass is 10.3. The average molecular weight is 336 g/mol. The summed E-state index contributed by atoms with van der Waals surface area (Å²) in [4.78, 5) is 21.7. The van der Waals surface area contributed by atoms with E-state index in [1.54, 1.807) is 0 Å². The second-order valence-electron chi connectivity index (χ2n) is 4.21. The molecule has 3 N–H and O–H groups in total. The van der Waals surface area contributed by atoms with Crippen molar-refractivity contribution in [2.75, 3.05) is 13.2 Å². The first kappa shape index (κ1) is 18.0. The molecule has 0 radical (unpaired) electrons. The van der Waals surface area contributed by atoms with Gasteiger partial charge in [-0.15, -0.1) is 0 Å². The molecule has 22 heavy (non-hydrogen) atoms. The van der Waals surface area contributed by atoms with E-state index in [4.69, 9.17) is 5.11 Å². The van der Waals surface area contributed by atoms with E-state index in [0.29, 0.717) is 0 Å². The summed E-state index contributed by atoms with van der Waals surface area (Å²) in [5.41, 5.74) is 0. The van der Waals surface area contributed by atoms with Crippen LogP contribution in [0.2, 0.25) is 0 Å². The molecule has 1 amide bonds. The Kier molecular flexibility index (Phi) is 6.38. The van der Waals surface area contributed by atoms with E-state index < -0.39 is 40.4 Å². The molecule has 1 unspecified atom stereocenters. The molecule has 0 aliphatic rings. The zero-order chi connectivity index (χ0) is 16.8. The second-order valence-corrected chi connectivity index (χ2v) is 5.98. The number of nitrogens with one attached hydrogen (secondary N) is 2. The summed E-state index contributed by atoms with van der Waals surface area (Å²) < 4.78 is 50.7. The van der Waals surface area contributed by atoms with E-state index in [9.17, 15) is 26.8 Å². The smallest absolute Gasteiger partial charge is 0.328 e. The SMILES string of the molecule is O=C(CCNS(=O)(=O)c1ccc(F)cc1)NC(CF)C(=O)O. The van der Waals surface area contributed by atoms with Gasteiger partial charge in [-0.2, -0.15) is 0 Å². The van der Waals surface area contributed by atoms with Crippen molar-refractivity contribution < 1.29 is 31.9 Å². The molecule has 0 bridgehead atoms. The zero-order valence-corrected chi connectivity index (χ0v) is 12.1. The fourth-order valence-electron chi connectivity index (χ4n) is 1.43. The Morgan fingerprint density at radius 1 is 1.23 bits per heavy atom. The fourth-order valence-corrected chi connectivity index (χ4v) is 2.46. The van der Waals surface area contributed by atoms with Gasteiger partial charge in [0.15, 0.2) is 6.04 Å². The normalized spacial score (nSPS) is 12.6. The summed E-state index contributed by atoms with van der Waals surface area (Å²) in [5, 5.41) is 10.5. The molecule has 0 aromatic heterocycles. The highest BCUT2D eigenvalue weighted by Crippen LogP contribution is 2.09. The minimum Gasteiger partial charge on any atom is -0.480 e. The molecule has 1 rings (SSSR count). The fraction of sp³-hybridized carbons (Fsp3) is 0.333. The molecule has 0 heterocycles. The van der Waals surface area contributed by atoms with Gasteiger partial charge in [-0.1, -0.05) is 0 Å². The van der Waals surface area contributed by atoms with Crippen molar-refractivity contribution in [3.05, 3.63) is 30.1 Å². The number of alkyl halides is 1. The minimum atomic E-state index is -3.91. The standard InChI is InChI=1S/C12H14F2N2O5S/c13-7-10(12(18)19)16-11(17)5-6-15-22(20,21)9-3-1-8(14)2-4-9/h1-4,10,15H,5-7H2,(H,16,17)(H,18,19). The number of benzene rings is 1. The van der Waals surface area contributed by atoms with Gasteiger partial charge in [0.2, 0.25) is 15.9 Å². The van der Waals surface area contributed by atoms with Gasteiger partial charge in [0.25, 0.3) is 0 Å². The number of sulfonamides is 1. The second kappa shape index (κ2) is 7.80. The minimum absolute atomic E-state index is 0.179. The van der Waals surface area contributed by atoms with E-state index in [2.05, 4.69) is 4.72 Å². The predicted molar refractivity (Wildman–Crippen MR) is 71.7 cm³/mol. The van der Waals surface area contributed by atoms with Gasteiger partial charge in [-0.05, 0) is 24.3 Å². The highest BCUT2D eigenvalue weighted by molar-refractivity contribution is 7.89. The molecule has 0 aliphatic heterocycles. The van der Waals surface area contributed by atoms with Crippen LogP contribution in [0.5, 0.6) is 0 Å². The lowest BCUT2D eigenvalue weighted by molar-refractivity contribution is -0.142. The summed E-state index contributed by atoms with van der Waals surface area (Å²) in [7, 11) is -3.91. The predicted octanol–water partition coefficient (Wildman–Crippen LogP) is 0.0330. The van der Waals surface area contributed by atoms with Crippen LogP contribution in [0.1, 0.15) is 6.42 Å². The van der Waals surface area contributed by atoms with Crippen molar-refractivity contribution in [1.82, 2.24) is 10.0 Å². The Balaban J connectivity index is 2.51. The van der Waals surface area contributed by atoms with Crippen molar-refractivity contribution in [2.45, 2.75) is 17.4 Å². The van der Waals surface area contributed by atoms with Crippen LogP contribution in [0.3, 0.4) is 0 Å². The number of rotatable bonds is 8. The number of carboxylic acids is 1. The first-order valence-corrected chi connectivity index (χ1v) is 7.58. The topological polar surface area (TPSA) is 113 Å². The van der Waals surface area contributed by atoms with Gasteiger partial charge in [0, 0.05) is 13.0 Å². The van der Waals surface area contributed by atoms with Gasteiger partial charge in [0.05, 0.1) is 4.90 Å². The Hall–Kier alpha value is -2.07. The number of carbonyl (C=O) groups is 2. The third-order valence-electron chi connectivity index (χ3n) is 2.56. The third-order valence-corrected chi connectivity index (χ3v) is 4.03. The van der Waals surface area contributed by atoms with Crippen molar-refractivity contribution >= 4 is 21.9 Å². The maximum Gasteiger partial charge on any atom is 0.328 e. The van der Waals surface area contributed by atoms with Crippen LogP contribution < -0.4 is 10.0 Å². The Morgan fingerprint density at radius 3 is 2.32 bits per heavy atom. The van der Waals surface area contributed by atoms with E-state index >= 15 is 0 Å². The zero-order valence-electron chi connectivity index (χ0n) is 11.3. The Morgan fingerprint density at radius 2 is 1.82 bits per heavy atom. The molecule has 10 heteroatoms. The molecule has 0 aliphatic carbocycles. The molecular weight excluding hydrogens is 322 g/mol. The highest BCUT2D eigenvalue weighted by atomic mass is 32.2. The summed E-state index contributed by atoms with van der Waals surface area (Å²) in [6, 6.07) is 2.39. The van der Waals surface area contributed by atoms with Gasteiger partial charge >= 0.3 is 5.97 Å². The number of halogens is 2. The lowest BCUT2D eigenvalue weighted by Gasteiger charge is -2.11. The highest BCUT2D eigenvalue weighted by Gasteiger charge is 2.20. The van der Waals surface area contributed by atoms with Crippen molar-refractivity contribution in [1.29, 1.82) is 0 Å². The van der Waals surface area contributed by atoms with E-state index in [0.717, 1.165) is 24.3 Å². The molecule has 0 saturated carbocycles. The number of carboxylic acid groups (broad SMARTS) is 1. The van der Waals surface area contributed by atoms with E-state index in [-0.39, 0.29) is 17.9 Å². The molecule has 122 valence electrons. The van der Waals surface area contributed by atoms with Gasteiger partial charge in [-0.25, -0.2) is 26.7 Å². The van der Waals surface area contributed by atoms with E-state index in [1.165, 1.54) is 0 Å². The average Bonchev–Trinajstić information content (AvgIpc) is 2.44. The third kappa shape index (κ3) is 5.37. The Bertz CT molecular complexity index is 633. The van der Waals surface area contributed by atoms with Crippen LogP contribution in [0.25, 0.3) is 0 Å². The van der Waals surface area contributed by atoms with E-state index in [1.807, 2.05) is 5.32 Å². The number of aliphatic carboxylic acids is 1. The van der Waals surface area contributed by atoms with Crippen molar-refractivity contribution in [2.24, 2.45) is 0 Å². The van der Waals surface area contributed by atoms with Gasteiger partial charge < -0.3 is 10.4 Å². The first-order chi connectivity index (χ1) is 10.3. The van der Waals surface area contributed by atoms with Crippen LogP contribution in [-0.4, -0.2) is 44.7 Å². The number of hydrogen-bond acceptors (Lipinski definition) is 4. The number of carbonyl (C=O) groups excluding carboxylic acids is 1. The molecule has 0 saturated heterocycles. The molecule has 0 spiro atoms. The van der Waals surface area contributed by atoms with Crippen molar-refractivity contribution in [3.8, 4) is 0 Å². The monoisotopic (exact) mass is 336 g/mol.